The topological polar surface area (TPSA) is 49.3 Å². The molecule has 62 valence electrons. The molecule has 0 fully saturated rings. The Morgan fingerprint density at radius 2 is 2.25 bits per heavy atom. The number of aromatic hydroxyl groups is 1. The highest BCUT2D eigenvalue weighted by molar-refractivity contribution is 6.00. The van der Waals surface area contributed by atoms with Gasteiger partial charge in [0.05, 0.1) is 6.42 Å². The Morgan fingerprint density at radius 3 is 3.00 bits per heavy atom. The second-order valence-electron chi connectivity index (χ2n) is 3.02. The molecule has 12 heavy (non-hydrogen) atoms. The zero-order valence-electron chi connectivity index (χ0n) is 6.72. The third-order valence-corrected chi connectivity index (χ3v) is 2.02. The maximum Gasteiger partial charge on any atom is 0.228 e. The molecule has 0 unspecified atom stereocenters. The van der Waals surface area contributed by atoms with E-state index < -0.39 is 0 Å². The third-order valence-electron chi connectivity index (χ3n) is 2.02. The monoisotopic (exact) mass is 163 g/mol. The maximum absolute atomic E-state index is 11.0. The Bertz CT molecular complexity index is 358. The molecule has 2 N–H and O–H groups in total. The number of hydrogen-bond acceptors (Lipinski definition) is 2. The second-order valence-corrected chi connectivity index (χ2v) is 3.02. The van der Waals surface area contributed by atoms with Crippen LogP contribution in [0.4, 0.5) is 5.69 Å². The number of phenolic OH excluding ortho intramolecular Hbond substituents is 1. The summed E-state index contributed by atoms with van der Waals surface area (Å²) >= 11 is 0. The molecule has 1 aromatic carbocycles. The highest BCUT2D eigenvalue weighted by atomic mass is 16.3. The fourth-order valence-electron chi connectivity index (χ4n) is 1.51. The Labute approximate surface area is 70.0 Å². The number of rotatable bonds is 0. The lowest BCUT2D eigenvalue weighted by molar-refractivity contribution is -0.115. The van der Waals surface area contributed by atoms with Crippen molar-refractivity contribution < 1.29 is 9.90 Å². The first-order valence-electron chi connectivity index (χ1n) is 3.79. The molecule has 3 nitrogen and oxygen atoms in total. The quantitative estimate of drug-likeness (QED) is 0.564. The van der Waals surface area contributed by atoms with E-state index in [1.165, 1.54) is 0 Å². The molecule has 0 bridgehead atoms. The number of fused-ring (bicyclic) bond motifs is 1. The lowest BCUT2D eigenvalue weighted by Crippen LogP contribution is -2.04. The predicted octanol–water partition coefficient (Wildman–Crippen LogP) is 1.20. The molecule has 0 atom stereocenters. The summed E-state index contributed by atoms with van der Waals surface area (Å²) in [4.78, 5) is 11.0. The van der Waals surface area contributed by atoms with E-state index in [2.05, 4.69) is 5.32 Å². The molecule has 1 heterocycles. The summed E-state index contributed by atoms with van der Waals surface area (Å²) in [6, 6.07) is 3.27. The molecule has 1 aliphatic heterocycles. The summed E-state index contributed by atoms with van der Waals surface area (Å²) in [7, 11) is 0. The van der Waals surface area contributed by atoms with E-state index in [4.69, 9.17) is 0 Å². The Kier molecular flexibility index (Phi) is 1.33. The average molecular weight is 163 g/mol. The molecule has 0 saturated carbocycles. The SMILES string of the molecule is Cc1cc(O)cc2c1NC(=O)C2. The number of anilines is 1. The summed E-state index contributed by atoms with van der Waals surface area (Å²) in [5.41, 5.74) is 2.66. The first-order valence-corrected chi connectivity index (χ1v) is 3.79. The fourth-order valence-corrected chi connectivity index (χ4v) is 1.51. The lowest BCUT2D eigenvalue weighted by atomic mass is 10.1. The van der Waals surface area contributed by atoms with E-state index in [1.54, 1.807) is 12.1 Å². The van der Waals surface area contributed by atoms with E-state index >= 15 is 0 Å². The van der Waals surface area contributed by atoms with E-state index in [0.29, 0.717) is 6.42 Å². The fraction of sp³-hybridized carbons (Fsp3) is 0.222. The second kappa shape index (κ2) is 2.24. The van der Waals surface area contributed by atoms with Gasteiger partial charge in [-0.25, -0.2) is 0 Å². The van der Waals surface area contributed by atoms with Crippen LogP contribution in [0, 0.1) is 6.92 Å². The van der Waals surface area contributed by atoms with Crippen LogP contribution in [0.5, 0.6) is 5.75 Å². The summed E-state index contributed by atoms with van der Waals surface area (Å²) in [6.45, 7) is 1.87. The maximum atomic E-state index is 11.0. The molecule has 2 rings (SSSR count). The van der Waals surface area contributed by atoms with Gasteiger partial charge in [-0.2, -0.15) is 0 Å². The Hall–Kier alpha value is -1.51. The average Bonchev–Trinajstić information content (AvgIpc) is 2.29. The summed E-state index contributed by atoms with van der Waals surface area (Å²) in [5.74, 6) is 0.224. The summed E-state index contributed by atoms with van der Waals surface area (Å²) < 4.78 is 0. The van der Waals surface area contributed by atoms with Crippen LogP contribution in [0.1, 0.15) is 11.1 Å². The molecule has 1 aromatic rings. The largest absolute Gasteiger partial charge is 0.508 e. The lowest BCUT2D eigenvalue weighted by Gasteiger charge is -2.03. The highest BCUT2D eigenvalue weighted by Crippen LogP contribution is 2.30. The Balaban J connectivity index is 2.59. The van der Waals surface area contributed by atoms with Crippen molar-refractivity contribution in [2.24, 2.45) is 0 Å². The first-order chi connectivity index (χ1) is 5.66. The van der Waals surface area contributed by atoms with Gasteiger partial charge in [0.15, 0.2) is 0 Å². The van der Waals surface area contributed by atoms with Crippen molar-refractivity contribution in [3.8, 4) is 5.75 Å². The van der Waals surface area contributed by atoms with Gasteiger partial charge in [0, 0.05) is 5.69 Å². The van der Waals surface area contributed by atoms with Gasteiger partial charge in [-0.15, -0.1) is 0 Å². The number of phenols is 1. The van der Waals surface area contributed by atoms with Crippen molar-refractivity contribution in [1.29, 1.82) is 0 Å². The zero-order chi connectivity index (χ0) is 8.72. The van der Waals surface area contributed by atoms with Crippen molar-refractivity contribution in [3.05, 3.63) is 23.3 Å². The minimum atomic E-state index is -0.00120. The standard InChI is InChI=1S/C9H9NO2/c1-5-2-7(11)3-6-4-8(12)10-9(5)6/h2-3,11H,4H2,1H3,(H,10,12). The molecule has 3 heteroatoms. The van der Waals surface area contributed by atoms with Gasteiger partial charge in [0.2, 0.25) is 5.91 Å². The third kappa shape index (κ3) is 0.942. The van der Waals surface area contributed by atoms with E-state index in [1.807, 2.05) is 6.92 Å². The van der Waals surface area contributed by atoms with Crippen molar-refractivity contribution in [2.45, 2.75) is 13.3 Å². The normalized spacial score (nSPS) is 14.2. The number of amides is 1. The molecule has 0 aromatic heterocycles. The molecule has 0 saturated heterocycles. The van der Waals surface area contributed by atoms with E-state index in [9.17, 15) is 9.90 Å². The number of hydrogen-bond donors (Lipinski definition) is 2. The van der Waals surface area contributed by atoms with Gasteiger partial charge in [-0.05, 0) is 30.2 Å². The molecular formula is C9H9NO2. The van der Waals surface area contributed by atoms with Gasteiger partial charge < -0.3 is 10.4 Å². The van der Waals surface area contributed by atoms with Gasteiger partial charge in [-0.1, -0.05) is 0 Å². The number of nitrogens with one attached hydrogen (secondary N) is 1. The molecule has 0 radical (unpaired) electrons. The number of carbonyl (C=O) groups is 1. The van der Waals surface area contributed by atoms with Crippen LogP contribution in [0.3, 0.4) is 0 Å². The van der Waals surface area contributed by atoms with E-state index in [0.717, 1.165) is 16.8 Å². The summed E-state index contributed by atoms with van der Waals surface area (Å²) in [5, 5.41) is 12.0. The number of benzene rings is 1. The number of carbonyl (C=O) groups excluding carboxylic acids is 1. The van der Waals surface area contributed by atoms with Crippen LogP contribution in [-0.2, 0) is 11.2 Å². The van der Waals surface area contributed by atoms with Crippen molar-refractivity contribution in [3.63, 3.8) is 0 Å². The minimum absolute atomic E-state index is 0.00120. The first kappa shape index (κ1) is 7.16. The highest BCUT2D eigenvalue weighted by Gasteiger charge is 2.19. The molecule has 0 aliphatic carbocycles. The van der Waals surface area contributed by atoms with Crippen LogP contribution in [0.2, 0.25) is 0 Å². The van der Waals surface area contributed by atoms with Crippen LogP contribution < -0.4 is 5.32 Å². The zero-order valence-corrected chi connectivity index (χ0v) is 6.72. The van der Waals surface area contributed by atoms with Crippen molar-refractivity contribution in [1.82, 2.24) is 0 Å². The molecule has 0 spiro atoms. The van der Waals surface area contributed by atoms with Crippen molar-refractivity contribution >= 4 is 11.6 Å². The predicted molar refractivity (Wildman–Crippen MR) is 45.2 cm³/mol. The minimum Gasteiger partial charge on any atom is -0.508 e. The smallest absolute Gasteiger partial charge is 0.228 e. The Morgan fingerprint density at radius 1 is 1.50 bits per heavy atom. The van der Waals surface area contributed by atoms with Gasteiger partial charge in [0.1, 0.15) is 5.75 Å². The van der Waals surface area contributed by atoms with Gasteiger partial charge in [0.25, 0.3) is 0 Å². The molecule has 1 amide bonds. The summed E-state index contributed by atoms with van der Waals surface area (Å²) in [6.07, 6.45) is 0.380. The number of aryl methyl sites for hydroxylation is 1. The van der Waals surface area contributed by atoms with Crippen LogP contribution in [-0.4, -0.2) is 11.0 Å². The molecule has 1 aliphatic rings. The van der Waals surface area contributed by atoms with Crippen LogP contribution in [0.15, 0.2) is 12.1 Å². The molecular weight excluding hydrogens is 154 g/mol. The van der Waals surface area contributed by atoms with E-state index in [-0.39, 0.29) is 11.7 Å². The van der Waals surface area contributed by atoms with Gasteiger partial charge in [-0.3, -0.25) is 4.79 Å². The van der Waals surface area contributed by atoms with Crippen molar-refractivity contribution in [2.75, 3.05) is 5.32 Å². The van der Waals surface area contributed by atoms with Crippen LogP contribution in [0.25, 0.3) is 0 Å². The van der Waals surface area contributed by atoms with Gasteiger partial charge >= 0.3 is 0 Å². The van der Waals surface area contributed by atoms with Crippen LogP contribution >= 0.6 is 0 Å².